The summed E-state index contributed by atoms with van der Waals surface area (Å²) in [6, 6.07) is 8.36. The maximum absolute atomic E-state index is 12.5. The average Bonchev–Trinajstić information content (AvgIpc) is 2.61. The second-order valence-corrected chi connectivity index (χ2v) is 3.60. The standard InChI is InChI=1S/C11H10F2O2/c1-11(14,10(12)13)9-6-7-4-2-3-5-8(7)15-9/h2-6,10,14H,1H3. The first kappa shape index (κ1) is 10.1. The lowest BCUT2D eigenvalue weighted by atomic mass is 10.0. The Morgan fingerprint density at radius 3 is 2.60 bits per heavy atom. The molecule has 0 saturated heterocycles. The lowest BCUT2D eigenvalue weighted by Gasteiger charge is -2.18. The van der Waals surface area contributed by atoms with Crippen LogP contribution in [0, 0.1) is 0 Å². The number of para-hydroxylation sites is 1. The third-order valence-electron chi connectivity index (χ3n) is 2.35. The van der Waals surface area contributed by atoms with Gasteiger partial charge < -0.3 is 9.52 Å². The molecule has 2 rings (SSSR count). The highest BCUT2D eigenvalue weighted by atomic mass is 19.3. The van der Waals surface area contributed by atoms with Crippen LogP contribution in [0.4, 0.5) is 8.78 Å². The summed E-state index contributed by atoms with van der Waals surface area (Å²) in [5.74, 6) is -0.112. The molecule has 0 amide bonds. The van der Waals surface area contributed by atoms with Crippen molar-refractivity contribution in [2.24, 2.45) is 0 Å². The van der Waals surface area contributed by atoms with Crippen LogP contribution in [-0.2, 0) is 5.60 Å². The summed E-state index contributed by atoms with van der Waals surface area (Å²) < 4.78 is 30.2. The third kappa shape index (κ3) is 1.61. The topological polar surface area (TPSA) is 33.4 Å². The van der Waals surface area contributed by atoms with Crippen LogP contribution >= 0.6 is 0 Å². The minimum absolute atomic E-state index is 0.112. The van der Waals surface area contributed by atoms with Crippen molar-refractivity contribution in [2.45, 2.75) is 19.0 Å². The molecule has 1 aromatic carbocycles. The van der Waals surface area contributed by atoms with Gasteiger partial charge in [0, 0.05) is 5.39 Å². The van der Waals surface area contributed by atoms with E-state index in [4.69, 9.17) is 4.42 Å². The molecule has 0 aliphatic carbocycles. The molecule has 80 valence electrons. The van der Waals surface area contributed by atoms with Gasteiger partial charge in [-0.1, -0.05) is 18.2 Å². The van der Waals surface area contributed by atoms with Crippen LogP contribution in [0.5, 0.6) is 0 Å². The molecule has 1 atom stereocenters. The summed E-state index contributed by atoms with van der Waals surface area (Å²) >= 11 is 0. The van der Waals surface area contributed by atoms with E-state index < -0.39 is 12.0 Å². The molecule has 0 radical (unpaired) electrons. The molecule has 2 aromatic rings. The van der Waals surface area contributed by atoms with E-state index in [1.807, 2.05) is 0 Å². The molecule has 2 nitrogen and oxygen atoms in total. The van der Waals surface area contributed by atoms with Gasteiger partial charge in [-0.3, -0.25) is 0 Å². The smallest absolute Gasteiger partial charge is 0.273 e. The summed E-state index contributed by atoms with van der Waals surface area (Å²) in [6.07, 6.45) is -2.88. The first-order valence-corrected chi connectivity index (χ1v) is 4.51. The van der Waals surface area contributed by atoms with Gasteiger partial charge in [0.25, 0.3) is 6.43 Å². The Balaban J connectivity index is 2.53. The number of alkyl halides is 2. The van der Waals surface area contributed by atoms with Crippen molar-refractivity contribution >= 4 is 11.0 Å². The van der Waals surface area contributed by atoms with E-state index in [0.29, 0.717) is 11.0 Å². The Hall–Kier alpha value is -1.42. The maximum Gasteiger partial charge on any atom is 0.273 e. The largest absolute Gasteiger partial charge is 0.458 e. The zero-order valence-electron chi connectivity index (χ0n) is 8.08. The Morgan fingerprint density at radius 2 is 2.00 bits per heavy atom. The molecule has 0 bridgehead atoms. The molecule has 1 aromatic heterocycles. The Bertz CT molecular complexity index is 441. The van der Waals surface area contributed by atoms with E-state index in [0.717, 1.165) is 6.92 Å². The van der Waals surface area contributed by atoms with Crippen LogP contribution in [0.25, 0.3) is 11.0 Å². The van der Waals surface area contributed by atoms with Crippen LogP contribution in [0.3, 0.4) is 0 Å². The van der Waals surface area contributed by atoms with Crippen molar-refractivity contribution in [3.63, 3.8) is 0 Å². The SMILES string of the molecule is CC(O)(c1cc2ccccc2o1)C(F)F. The van der Waals surface area contributed by atoms with Gasteiger partial charge in [-0.05, 0) is 19.1 Å². The van der Waals surface area contributed by atoms with Crippen molar-refractivity contribution in [3.8, 4) is 0 Å². The molecule has 1 unspecified atom stereocenters. The Labute approximate surface area is 85.1 Å². The lowest BCUT2D eigenvalue weighted by Crippen LogP contribution is -2.29. The van der Waals surface area contributed by atoms with Gasteiger partial charge in [0.2, 0.25) is 0 Å². The molecule has 15 heavy (non-hydrogen) atoms. The van der Waals surface area contributed by atoms with Crippen molar-refractivity contribution in [2.75, 3.05) is 0 Å². The van der Waals surface area contributed by atoms with Gasteiger partial charge in [0.05, 0.1) is 0 Å². The number of benzene rings is 1. The molecule has 1 N–H and O–H groups in total. The Morgan fingerprint density at radius 1 is 1.33 bits per heavy atom. The second kappa shape index (κ2) is 3.31. The molecular formula is C11H10F2O2. The van der Waals surface area contributed by atoms with E-state index in [1.54, 1.807) is 24.3 Å². The molecular weight excluding hydrogens is 202 g/mol. The summed E-state index contributed by atoms with van der Waals surface area (Å²) in [5.41, 5.74) is -1.74. The van der Waals surface area contributed by atoms with Gasteiger partial charge in [-0.2, -0.15) is 0 Å². The normalized spacial score (nSPS) is 15.8. The molecule has 1 heterocycles. The monoisotopic (exact) mass is 212 g/mol. The molecule has 0 saturated carbocycles. The summed E-state index contributed by atoms with van der Waals surface area (Å²) in [5, 5.41) is 10.2. The van der Waals surface area contributed by atoms with Gasteiger partial charge >= 0.3 is 0 Å². The highest BCUT2D eigenvalue weighted by Crippen LogP contribution is 2.32. The highest BCUT2D eigenvalue weighted by Gasteiger charge is 2.37. The number of furan rings is 1. The molecule has 0 aliphatic heterocycles. The molecule has 4 heteroatoms. The number of hydrogen-bond acceptors (Lipinski definition) is 2. The van der Waals surface area contributed by atoms with Crippen molar-refractivity contribution < 1.29 is 18.3 Å². The quantitative estimate of drug-likeness (QED) is 0.830. The van der Waals surface area contributed by atoms with E-state index in [1.165, 1.54) is 6.07 Å². The van der Waals surface area contributed by atoms with E-state index in [9.17, 15) is 13.9 Å². The maximum atomic E-state index is 12.5. The number of fused-ring (bicyclic) bond motifs is 1. The average molecular weight is 212 g/mol. The van der Waals surface area contributed by atoms with Gasteiger partial charge in [0.1, 0.15) is 11.3 Å². The predicted octanol–water partition coefficient (Wildman–Crippen LogP) is 2.91. The summed E-state index contributed by atoms with van der Waals surface area (Å²) in [4.78, 5) is 0. The zero-order valence-corrected chi connectivity index (χ0v) is 8.08. The highest BCUT2D eigenvalue weighted by molar-refractivity contribution is 5.77. The van der Waals surface area contributed by atoms with Crippen LogP contribution in [0.2, 0.25) is 0 Å². The van der Waals surface area contributed by atoms with Crippen molar-refractivity contribution in [3.05, 3.63) is 36.1 Å². The van der Waals surface area contributed by atoms with Crippen LogP contribution in [0.15, 0.2) is 34.7 Å². The fourth-order valence-corrected chi connectivity index (χ4v) is 1.34. The zero-order chi connectivity index (χ0) is 11.1. The number of hydrogen-bond donors (Lipinski definition) is 1. The van der Waals surface area contributed by atoms with Crippen molar-refractivity contribution in [1.29, 1.82) is 0 Å². The first-order chi connectivity index (χ1) is 7.01. The summed E-state index contributed by atoms with van der Waals surface area (Å²) in [6.45, 7) is 1.04. The van der Waals surface area contributed by atoms with Crippen LogP contribution in [0.1, 0.15) is 12.7 Å². The number of halogens is 2. The molecule has 0 fully saturated rings. The minimum atomic E-state index is -2.88. The van der Waals surface area contributed by atoms with Gasteiger partial charge in [0.15, 0.2) is 5.60 Å². The first-order valence-electron chi connectivity index (χ1n) is 4.51. The second-order valence-electron chi connectivity index (χ2n) is 3.60. The van der Waals surface area contributed by atoms with E-state index in [2.05, 4.69) is 0 Å². The third-order valence-corrected chi connectivity index (χ3v) is 2.35. The molecule has 0 aliphatic rings. The van der Waals surface area contributed by atoms with Crippen LogP contribution in [-0.4, -0.2) is 11.5 Å². The fourth-order valence-electron chi connectivity index (χ4n) is 1.34. The number of rotatable bonds is 2. The van der Waals surface area contributed by atoms with E-state index >= 15 is 0 Å². The van der Waals surface area contributed by atoms with Crippen LogP contribution < -0.4 is 0 Å². The Kier molecular flexibility index (Phi) is 2.23. The van der Waals surface area contributed by atoms with E-state index in [-0.39, 0.29) is 5.76 Å². The predicted molar refractivity (Wildman–Crippen MR) is 51.8 cm³/mol. The van der Waals surface area contributed by atoms with Gasteiger partial charge in [-0.15, -0.1) is 0 Å². The number of aliphatic hydroxyl groups is 1. The minimum Gasteiger partial charge on any atom is -0.458 e. The van der Waals surface area contributed by atoms with Crippen molar-refractivity contribution in [1.82, 2.24) is 0 Å². The molecule has 0 spiro atoms. The lowest BCUT2D eigenvalue weighted by molar-refractivity contribution is -0.0999. The summed E-state index contributed by atoms with van der Waals surface area (Å²) in [7, 11) is 0. The fraction of sp³-hybridized carbons (Fsp3) is 0.273. The van der Waals surface area contributed by atoms with Gasteiger partial charge in [-0.25, -0.2) is 8.78 Å².